The zero-order valence-corrected chi connectivity index (χ0v) is 33.0. The Hall–Kier alpha value is -8.20. The predicted octanol–water partition coefficient (Wildman–Crippen LogP) is 14.3. The summed E-state index contributed by atoms with van der Waals surface area (Å²) < 4.78 is 6.48. The molecule has 0 atom stereocenters. The van der Waals surface area contributed by atoms with E-state index in [-0.39, 0.29) is 0 Å². The standard InChI is InChI=1S/C55H38N4O/c1-3-4-8-17-37(2)54-57-50(41-22-13-7-14-23-41)35-51(58-54)42-28-26-40(27-29-42)46-32-43(30-31-44(46)36-56)45-33-47(38-18-9-5-10-19-38)53(48(34-45)39-20-11-6-12-21-39)55-59-49-24-15-16-25-52(49)60-55/h3-35H,1H2,2H3/b8-4-,37-17+. The van der Waals surface area contributed by atoms with Crippen molar-refractivity contribution >= 4 is 16.7 Å². The molecule has 0 bridgehead atoms. The average molecular weight is 771 g/mol. The van der Waals surface area contributed by atoms with Crippen LogP contribution in [0.1, 0.15) is 18.3 Å². The molecule has 5 heteroatoms. The summed E-state index contributed by atoms with van der Waals surface area (Å²) in [5.74, 6) is 1.21. The van der Waals surface area contributed by atoms with E-state index in [9.17, 15) is 5.26 Å². The average Bonchev–Trinajstić information content (AvgIpc) is 3.76. The monoisotopic (exact) mass is 770 g/mol. The molecule has 9 rings (SSSR count). The van der Waals surface area contributed by atoms with Gasteiger partial charge in [0.25, 0.3) is 0 Å². The summed E-state index contributed by atoms with van der Waals surface area (Å²) in [6.45, 7) is 5.79. The minimum Gasteiger partial charge on any atom is -0.436 e. The first-order valence-electron chi connectivity index (χ1n) is 19.8. The van der Waals surface area contributed by atoms with Crippen LogP contribution < -0.4 is 0 Å². The summed E-state index contributed by atoms with van der Waals surface area (Å²) in [5, 5.41) is 10.4. The number of para-hydroxylation sites is 2. The van der Waals surface area contributed by atoms with Crippen LogP contribution in [-0.2, 0) is 0 Å². The van der Waals surface area contributed by atoms with Gasteiger partial charge in [0, 0.05) is 16.7 Å². The molecule has 60 heavy (non-hydrogen) atoms. The molecule has 0 saturated heterocycles. The summed E-state index contributed by atoms with van der Waals surface area (Å²) in [5.41, 5.74) is 15.4. The van der Waals surface area contributed by atoms with Crippen LogP contribution in [0.2, 0.25) is 0 Å². The Balaban J connectivity index is 1.16. The van der Waals surface area contributed by atoms with Crippen molar-refractivity contribution in [1.29, 1.82) is 5.26 Å². The van der Waals surface area contributed by atoms with E-state index in [0.717, 1.165) is 89.3 Å². The fourth-order valence-corrected chi connectivity index (χ4v) is 7.47. The second-order valence-corrected chi connectivity index (χ2v) is 14.4. The molecule has 0 aliphatic heterocycles. The number of benzene rings is 7. The van der Waals surface area contributed by atoms with E-state index >= 15 is 0 Å². The number of hydrogen-bond acceptors (Lipinski definition) is 5. The number of rotatable bonds is 10. The maximum Gasteiger partial charge on any atom is 0.228 e. The summed E-state index contributed by atoms with van der Waals surface area (Å²) in [6.07, 6.45) is 7.55. The summed E-state index contributed by atoms with van der Waals surface area (Å²) in [4.78, 5) is 14.9. The SMILES string of the molecule is C=C/C=C\C=C(/C)c1nc(-c2ccccc2)cc(-c2ccc(-c3cc(-c4cc(-c5ccccc5)c(-c5nc6ccccc6o5)c(-c5ccccc5)c4)ccc3C#N)cc2)n1. The van der Waals surface area contributed by atoms with Crippen LogP contribution in [0.25, 0.3) is 95.1 Å². The topological polar surface area (TPSA) is 75.6 Å². The summed E-state index contributed by atoms with van der Waals surface area (Å²) in [6, 6.07) is 61.9. The third-order valence-electron chi connectivity index (χ3n) is 10.5. The van der Waals surface area contributed by atoms with Crippen molar-refractivity contribution in [3.05, 3.63) is 218 Å². The Morgan fingerprint density at radius 2 is 1.05 bits per heavy atom. The Kier molecular flexibility index (Phi) is 10.4. The lowest BCUT2D eigenvalue weighted by atomic mass is 9.86. The lowest BCUT2D eigenvalue weighted by Crippen LogP contribution is -1.98. The van der Waals surface area contributed by atoms with Gasteiger partial charge in [0.1, 0.15) is 5.52 Å². The molecule has 0 unspecified atom stereocenters. The summed E-state index contributed by atoms with van der Waals surface area (Å²) in [7, 11) is 0. The highest BCUT2D eigenvalue weighted by atomic mass is 16.3. The molecule has 0 spiro atoms. The van der Waals surface area contributed by atoms with Crippen molar-refractivity contribution in [2.45, 2.75) is 6.92 Å². The Morgan fingerprint density at radius 1 is 0.533 bits per heavy atom. The molecule has 0 fully saturated rings. The van der Waals surface area contributed by atoms with E-state index in [1.165, 1.54) is 0 Å². The molecule has 284 valence electrons. The lowest BCUT2D eigenvalue weighted by molar-refractivity contribution is 0.620. The highest BCUT2D eigenvalue weighted by molar-refractivity contribution is 5.97. The molecule has 0 amide bonds. The van der Waals surface area contributed by atoms with E-state index < -0.39 is 0 Å². The molecule has 2 aromatic heterocycles. The number of allylic oxidation sites excluding steroid dienone is 5. The van der Waals surface area contributed by atoms with E-state index in [1.54, 1.807) is 6.08 Å². The van der Waals surface area contributed by atoms with Gasteiger partial charge in [0.2, 0.25) is 5.89 Å². The van der Waals surface area contributed by atoms with E-state index in [1.807, 2.05) is 122 Å². The first kappa shape index (κ1) is 37.4. The van der Waals surface area contributed by atoms with Gasteiger partial charge in [-0.2, -0.15) is 5.26 Å². The molecule has 0 N–H and O–H groups in total. The van der Waals surface area contributed by atoms with Gasteiger partial charge in [0.15, 0.2) is 11.4 Å². The van der Waals surface area contributed by atoms with E-state index in [4.69, 9.17) is 19.4 Å². The minimum absolute atomic E-state index is 0.559. The Labute approximate surface area is 349 Å². The second-order valence-electron chi connectivity index (χ2n) is 14.4. The maximum absolute atomic E-state index is 10.4. The molecule has 0 aliphatic rings. The third-order valence-corrected chi connectivity index (χ3v) is 10.5. The van der Waals surface area contributed by atoms with Crippen molar-refractivity contribution in [3.63, 3.8) is 0 Å². The molecule has 2 heterocycles. The van der Waals surface area contributed by atoms with Gasteiger partial charge in [0.05, 0.1) is 28.6 Å². The van der Waals surface area contributed by atoms with Crippen molar-refractivity contribution in [3.8, 4) is 84.5 Å². The smallest absolute Gasteiger partial charge is 0.228 e. The van der Waals surface area contributed by atoms with Crippen LogP contribution in [0.4, 0.5) is 0 Å². The first-order valence-corrected chi connectivity index (χ1v) is 19.8. The van der Waals surface area contributed by atoms with Gasteiger partial charge >= 0.3 is 0 Å². The molecule has 0 aliphatic carbocycles. The van der Waals surface area contributed by atoms with Crippen LogP contribution in [0.3, 0.4) is 0 Å². The fraction of sp³-hybridized carbons (Fsp3) is 0.0182. The van der Waals surface area contributed by atoms with Gasteiger partial charge in [-0.3, -0.25) is 0 Å². The van der Waals surface area contributed by atoms with Crippen LogP contribution >= 0.6 is 0 Å². The molecule has 9 aromatic rings. The number of nitriles is 1. The van der Waals surface area contributed by atoms with E-state index in [0.29, 0.717) is 17.3 Å². The zero-order chi connectivity index (χ0) is 40.8. The molecular formula is C55H38N4O. The fourth-order valence-electron chi connectivity index (χ4n) is 7.47. The van der Waals surface area contributed by atoms with Crippen molar-refractivity contribution < 1.29 is 4.42 Å². The summed E-state index contributed by atoms with van der Waals surface area (Å²) >= 11 is 0. The van der Waals surface area contributed by atoms with Crippen LogP contribution in [0.15, 0.2) is 211 Å². The van der Waals surface area contributed by atoms with Crippen molar-refractivity contribution in [2.24, 2.45) is 0 Å². The van der Waals surface area contributed by atoms with Gasteiger partial charge in [-0.05, 0) is 93.9 Å². The van der Waals surface area contributed by atoms with Gasteiger partial charge in [-0.1, -0.05) is 164 Å². The van der Waals surface area contributed by atoms with Gasteiger partial charge in [-0.25, -0.2) is 15.0 Å². The van der Waals surface area contributed by atoms with Crippen LogP contribution in [0, 0.1) is 11.3 Å². The molecular weight excluding hydrogens is 733 g/mol. The number of fused-ring (bicyclic) bond motifs is 1. The molecule has 0 radical (unpaired) electrons. The highest BCUT2D eigenvalue weighted by Crippen LogP contribution is 2.44. The third kappa shape index (κ3) is 7.61. The Morgan fingerprint density at radius 3 is 1.65 bits per heavy atom. The van der Waals surface area contributed by atoms with Crippen LogP contribution in [-0.4, -0.2) is 15.0 Å². The second kappa shape index (κ2) is 16.7. The van der Waals surface area contributed by atoms with Crippen molar-refractivity contribution in [1.82, 2.24) is 15.0 Å². The predicted molar refractivity (Wildman–Crippen MR) is 245 cm³/mol. The molecule has 0 saturated carbocycles. The minimum atomic E-state index is 0.559. The zero-order valence-electron chi connectivity index (χ0n) is 33.0. The normalized spacial score (nSPS) is 11.5. The Bertz CT molecular complexity index is 3010. The van der Waals surface area contributed by atoms with Crippen LogP contribution in [0.5, 0.6) is 0 Å². The molecule has 5 nitrogen and oxygen atoms in total. The number of nitrogens with zero attached hydrogens (tertiary/aromatic N) is 4. The quantitative estimate of drug-likeness (QED) is 0.129. The number of aromatic nitrogens is 3. The van der Waals surface area contributed by atoms with Gasteiger partial charge in [-0.15, -0.1) is 0 Å². The maximum atomic E-state index is 10.4. The first-order chi connectivity index (χ1) is 29.6. The van der Waals surface area contributed by atoms with Crippen molar-refractivity contribution in [2.75, 3.05) is 0 Å². The number of hydrogen-bond donors (Lipinski definition) is 0. The largest absolute Gasteiger partial charge is 0.436 e. The number of oxazole rings is 1. The van der Waals surface area contributed by atoms with E-state index in [2.05, 4.69) is 91.5 Å². The van der Waals surface area contributed by atoms with Gasteiger partial charge < -0.3 is 4.42 Å². The molecule has 7 aromatic carbocycles. The highest BCUT2D eigenvalue weighted by Gasteiger charge is 2.22. The lowest BCUT2D eigenvalue weighted by Gasteiger charge is -2.17.